The number of hydrogen-bond acceptors (Lipinski definition) is 6. The van der Waals surface area contributed by atoms with Gasteiger partial charge in [0.2, 0.25) is 0 Å². The quantitative estimate of drug-likeness (QED) is 0.489. The summed E-state index contributed by atoms with van der Waals surface area (Å²) in [5, 5.41) is 0.984. The van der Waals surface area contributed by atoms with Crippen molar-refractivity contribution in [2.45, 2.75) is 33.6 Å². The van der Waals surface area contributed by atoms with Gasteiger partial charge in [-0.15, -0.1) is 0 Å². The van der Waals surface area contributed by atoms with Gasteiger partial charge in [0.25, 0.3) is 5.91 Å². The van der Waals surface area contributed by atoms with Gasteiger partial charge in [0.15, 0.2) is 5.82 Å². The predicted molar refractivity (Wildman–Crippen MR) is 132 cm³/mol. The van der Waals surface area contributed by atoms with Gasteiger partial charge in [-0.1, -0.05) is 19.1 Å². The number of aromatic nitrogens is 2. The number of anilines is 1. The molecule has 0 atom stereocenters. The van der Waals surface area contributed by atoms with E-state index in [2.05, 4.69) is 9.98 Å². The van der Waals surface area contributed by atoms with Crippen molar-refractivity contribution in [1.82, 2.24) is 14.9 Å². The number of pyridine rings is 2. The van der Waals surface area contributed by atoms with Crippen molar-refractivity contribution < 1.29 is 9.53 Å². The molecule has 170 valence electrons. The first-order valence-electron chi connectivity index (χ1n) is 11.3. The lowest BCUT2D eigenvalue weighted by Gasteiger charge is -2.24. The number of carbonyl (C=O) groups excluding carboxylic acids is 1. The Labute approximate surface area is 194 Å². The summed E-state index contributed by atoms with van der Waals surface area (Å²) in [7, 11) is 1.81. The molecular weight excluding hydrogens is 414 g/mol. The molecule has 1 aromatic carbocycles. The second-order valence-electron chi connectivity index (χ2n) is 7.76. The van der Waals surface area contributed by atoms with Crippen LogP contribution in [0.15, 0.2) is 65.3 Å². The molecule has 0 N–H and O–H groups in total. The second kappa shape index (κ2) is 9.81. The van der Waals surface area contributed by atoms with Crippen LogP contribution in [-0.2, 0) is 6.42 Å². The summed E-state index contributed by atoms with van der Waals surface area (Å²) in [5.74, 6) is 2.14. The fourth-order valence-corrected chi connectivity index (χ4v) is 4.15. The zero-order chi connectivity index (χ0) is 23.4. The minimum absolute atomic E-state index is 0.0722. The highest BCUT2D eigenvalue weighted by atomic mass is 16.5. The lowest BCUT2D eigenvalue weighted by atomic mass is 10.1. The van der Waals surface area contributed by atoms with Crippen molar-refractivity contribution in [3.8, 4) is 5.75 Å². The van der Waals surface area contributed by atoms with Crippen LogP contribution in [0.2, 0.25) is 0 Å². The number of allylic oxidation sites excluding steroid dienone is 1. The van der Waals surface area contributed by atoms with Crippen molar-refractivity contribution in [2.24, 2.45) is 4.99 Å². The zero-order valence-corrected chi connectivity index (χ0v) is 19.6. The number of amides is 1. The number of rotatable bonds is 7. The minimum atomic E-state index is -0.0722. The smallest absolute Gasteiger partial charge is 0.261 e. The molecule has 0 unspecified atom stereocenters. The molecule has 33 heavy (non-hydrogen) atoms. The number of benzene rings is 1. The highest BCUT2D eigenvalue weighted by molar-refractivity contribution is 6.01. The van der Waals surface area contributed by atoms with Crippen LogP contribution in [0.5, 0.6) is 5.75 Å². The predicted octanol–water partition coefficient (Wildman–Crippen LogP) is 4.83. The number of hydrogen-bond donors (Lipinski definition) is 0. The Morgan fingerprint density at radius 3 is 2.73 bits per heavy atom. The Kier molecular flexibility index (Phi) is 6.68. The van der Waals surface area contributed by atoms with Crippen molar-refractivity contribution in [3.05, 3.63) is 71.4 Å². The van der Waals surface area contributed by atoms with Gasteiger partial charge >= 0.3 is 0 Å². The van der Waals surface area contributed by atoms with Crippen molar-refractivity contribution in [2.75, 3.05) is 25.1 Å². The topological polar surface area (TPSA) is 70.9 Å². The van der Waals surface area contributed by atoms with Crippen molar-refractivity contribution in [1.29, 1.82) is 0 Å². The zero-order valence-electron chi connectivity index (χ0n) is 19.6. The molecule has 1 aliphatic heterocycles. The summed E-state index contributed by atoms with van der Waals surface area (Å²) in [6, 6.07) is 11.7. The summed E-state index contributed by atoms with van der Waals surface area (Å²) < 4.78 is 6.06. The van der Waals surface area contributed by atoms with Crippen LogP contribution in [0, 0.1) is 0 Å². The number of carbonyl (C=O) groups is 1. The second-order valence-corrected chi connectivity index (χ2v) is 7.76. The van der Waals surface area contributed by atoms with Gasteiger partial charge in [-0.05, 0) is 50.1 Å². The average molecular weight is 444 g/mol. The summed E-state index contributed by atoms with van der Waals surface area (Å²) in [4.78, 5) is 30.7. The molecule has 2 aromatic heterocycles. The Hall–Kier alpha value is -3.74. The molecule has 3 aromatic rings. The Bertz CT molecular complexity index is 1230. The maximum Gasteiger partial charge on any atom is 0.261 e. The van der Waals surface area contributed by atoms with E-state index >= 15 is 0 Å². The SMILES string of the molecule is C/C=N\C1=C(CC)N(C)C(=O)c2cc(CCOc3ccnc4ccccc34)cnc2N1CC. The van der Waals surface area contributed by atoms with E-state index in [1.807, 2.05) is 68.3 Å². The third-order valence-corrected chi connectivity index (χ3v) is 5.79. The highest BCUT2D eigenvalue weighted by Crippen LogP contribution is 2.32. The summed E-state index contributed by atoms with van der Waals surface area (Å²) in [5.41, 5.74) is 3.32. The molecule has 1 amide bonds. The first kappa shape index (κ1) is 22.5. The van der Waals surface area contributed by atoms with Crippen LogP contribution in [0.4, 0.5) is 5.82 Å². The van der Waals surface area contributed by atoms with Gasteiger partial charge in [0, 0.05) is 44.0 Å². The first-order chi connectivity index (χ1) is 16.1. The average Bonchev–Trinajstić information content (AvgIpc) is 2.92. The van der Waals surface area contributed by atoms with Gasteiger partial charge < -0.3 is 14.5 Å². The molecule has 1 aliphatic rings. The molecule has 0 fully saturated rings. The Balaban J connectivity index is 1.60. The maximum absolute atomic E-state index is 13.3. The van der Waals surface area contributed by atoms with E-state index in [1.54, 1.807) is 24.4 Å². The summed E-state index contributed by atoms with van der Waals surface area (Å²) in [6.07, 6.45) is 6.66. The van der Waals surface area contributed by atoms with Crippen LogP contribution in [0.3, 0.4) is 0 Å². The van der Waals surface area contributed by atoms with E-state index in [9.17, 15) is 4.79 Å². The molecule has 3 heterocycles. The Morgan fingerprint density at radius 2 is 1.97 bits per heavy atom. The molecule has 4 rings (SSSR count). The number of fused-ring (bicyclic) bond motifs is 2. The monoisotopic (exact) mass is 443 g/mol. The molecule has 0 aliphatic carbocycles. The van der Waals surface area contributed by atoms with Gasteiger partial charge in [-0.25, -0.2) is 9.98 Å². The number of aliphatic imine (C=N–C) groups is 1. The third kappa shape index (κ3) is 4.31. The molecule has 0 bridgehead atoms. The van der Waals surface area contributed by atoms with Crippen LogP contribution in [0.25, 0.3) is 10.9 Å². The Morgan fingerprint density at radius 1 is 1.15 bits per heavy atom. The molecule has 0 radical (unpaired) electrons. The summed E-state index contributed by atoms with van der Waals surface area (Å²) >= 11 is 0. The largest absolute Gasteiger partial charge is 0.492 e. The first-order valence-corrected chi connectivity index (χ1v) is 11.3. The third-order valence-electron chi connectivity index (χ3n) is 5.79. The van der Waals surface area contributed by atoms with Gasteiger partial charge in [-0.3, -0.25) is 9.78 Å². The molecule has 0 saturated heterocycles. The molecular formula is C26H29N5O2. The van der Waals surface area contributed by atoms with E-state index in [4.69, 9.17) is 9.72 Å². The minimum Gasteiger partial charge on any atom is -0.492 e. The lowest BCUT2D eigenvalue weighted by Crippen LogP contribution is -2.26. The van der Waals surface area contributed by atoms with Gasteiger partial charge in [0.05, 0.1) is 23.4 Å². The van der Waals surface area contributed by atoms with E-state index in [-0.39, 0.29) is 5.91 Å². The molecule has 7 nitrogen and oxygen atoms in total. The standard InChI is InChI=1S/C26H29N5O2/c1-5-22-25(27-6-2)31(7-3)24-20(26(32)30(22)4)16-18(17-29-24)13-15-33-23-12-14-28-21-11-9-8-10-19(21)23/h6,8-12,14,16-17H,5,7,13,15H2,1-4H3/b27-6-. The van der Waals surface area contributed by atoms with Gasteiger partial charge in [-0.2, -0.15) is 0 Å². The van der Waals surface area contributed by atoms with E-state index in [0.717, 1.165) is 33.7 Å². The normalized spacial score (nSPS) is 14.2. The number of nitrogens with zero attached hydrogens (tertiary/aromatic N) is 5. The molecule has 0 spiro atoms. The lowest BCUT2D eigenvalue weighted by molar-refractivity contribution is 0.0833. The highest BCUT2D eigenvalue weighted by Gasteiger charge is 2.30. The van der Waals surface area contributed by atoms with Crippen molar-refractivity contribution in [3.63, 3.8) is 0 Å². The van der Waals surface area contributed by atoms with E-state index in [0.29, 0.717) is 37.4 Å². The van der Waals surface area contributed by atoms with Gasteiger partial charge in [0.1, 0.15) is 11.6 Å². The maximum atomic E-state index is 13.3. The number of para-hydroxylation sites is 1. The van der Waals surface area contributed by atoms with Crippen LogP contribution in [0.1, 0.15) is 43.1 Å². The van der Waals surface area contributed by atoms with Crippen LogP contribution >= 0.6 is 0 Å². The van der Waals surface area contributed by atoms with E-state index < -0.39 is 0 Å². The fourth-order valence-electron chi connectivity index (χ4n) is 4.15. The van der Waals surface area contributed by atoms with Crippen LogP contribution < -0.4 is 9.64 Å². The number of ether oxygens (including phenoxy) is 1. The fraction of sp³-hybridized carbons (Fsp3) is 0.308. The molecule has 7 heteroatoms. The molecule has 0 saturated carbocycles. The van der Waals surface area contributed by atoms with E-state index in [1.165, 1.54) is 0 Å². The van der Waals surface area contributed by atoms with Crippen molar-refractivity contribution >= 4 is 28.8 Å². The van der Waals surface area contributed by atoms with Crippen LogP contribution in [-0.4, -0.2) is 47.2 Å². The summed E-state index contributed by atoms with van der Waals surface area (Å²) in [6.45, 7) is 7.09.